The molecule has 2 atom stereocenters. The molecule has 106 valence electrons. The molecule has 6 heteroatoms. The van der Waals surface area contributed by atoms with Gasteiger partial charge < -0.3 is 10.6 Å². The Morgan fingerprint density at radius 2 is 2.11 bits per heavy atom. The molecular formula is C12H25N3O2S. The van der Waals surface area contributed by atoms with E-state index in [-0.39, 0.29) is 11.3 Å². The van der Waals surface area contributed by atoms with E-state index in [4.69, 9.17) is 5.73 Å². The van der Waals surface area contributed by atoms with Crippen molar-refractivity contribution < 1.29 is 8.42 Å². The van der Waals surface area contributed by atoms with Gasteiger partial charge in [0, 0.05) is 37.8 Å². The summed E-state index contributed by atoms with van der Waals surface area (Å²) in [4.78, 5) is 4.65. The van der Waals surface area contributed by atoms with Crippen LogP contribution in [0.15, 0.2) is 0 Å². The highest BCUT2D eigenvalue weighted by Gasteiger charge is 2.45. The number of nitrogens with zero attached hydrogens (tertiary/aromatic N) is 2. The number of hydrogen-bond donors (Lipinski definition) is 1. The lowest BCUT2D eigenvalue weighted by Crippen LogP contribution is -2.67. The first-order valence-corrected chi connectivity index (χ1v) is 8.56. The van der Waals surface area contributed by atoms with Crippen LogP contribution in [0.1, 0.15) is 19.8 Å². The topological polar surface area (TPSA) is 66.6 Å². The Labute approximate surface area is 110 Å². The molecule has 2 N–H and O–H groups in total. The van der Waals surface area contributed by atoms with E-state index < -0.39 is 9.84 Å². The molecule has 2 saturated heterocycles. The molecule has 0 bridgehead atoms. The summed E-state index contributed by atoms with van der Waals surface area (Å²) >= 11 is 0. The van der Waals surface area contributed by atoms with Crippen molar-refractivity contribution in [2.24, 2.45) is 5.73 Å². The smallest absolute Gasteiger partial charge is 0.152 e. The van der Waals surface area contributed by atoms with Crippen LogP contribution in [0, 0.1) is 0 Å². The maximum atomic E-state index is 11.9. The summed E-state index contributed by atoms with van der Waals surface area (Å²) in [6, 6.07) is 0.376. The first-order chi connectivity index (χ1) is 8.38. The maximum Gasteiger partial charge on any atom is 0.152 e. The van der Waals surface area contributed by atoms with Crippen molar-refractivity contribution in [3.63, 3.8) is 0 Å². The van der Waals surface area contributed by atoms with Crippen LogP contribution in [0.25, 0.3) is 0 Å². The van der Waals surface area contributed by atoms with Crippen molar-refractivity contribution in [2.75, 3.05) is 44.7 Å². The van der Waals surface area contributed by atoms with Gasteiger partial charge in [0.05, 0.1) is 11.5 Å². The molecule has 0 aromatic rings. The van der Waals surface area contributed by atoms with Gasteiger partial charge in [-0.25, -0.2) is 8.42 Å². The van der Waals surface area contributed by atoms with Crippen molar-refractivity contribution in [2.45, 2.75) is 31.3 Å². The van der Waals surface area contributed by atoms with Gasteiger partial charge in [-0.2, -0.15) is 0 Å². The van der Waals surface area contributed by atoms with E-state index >= 15 is 0 Å². The number of sulfone groups is 1. The Morgan fingerprint density at radius 3 is 2.67 bits per heavy atom. The highest BCUT2D eigenvalue weighted by atomic mass is 32.2. The number of piperazine rings is 1. The number of rotatable bonds is 2. The minimum Gasteiger partial charge on any atom is -0.329 e. The normalized spacial score (nSPS) is 38.7. The van der Waals surface area contributed by atoms with E-state index in [0.29, 0.717) is 18.3 Å². The molecule has 0 aliphatic carbocycles. The Kier molecular flexibility index (Phi) is 4.02. The zero-order valence-corrected chi connectivity index (χ0v) is 12.2. The standard InChI is InChI=1S/C12H25N3O2S/c1-11-8-14(2)5-6-15(11)12(9-13)4-3-7-18(16,17)10-12/h11H,3-10,13H2,1-2H3. The predicted octanol–water partition coefficient (Wildman–Crippen LogP) is -0.472. The first-order valence-electron chi connectivity index (χ1n) is 6.74. The van der Waals surface area contributed by atoms with Crippen LogP contribution < -0.4 is 5.73 Å². The second kappa shape index (κ2) is 5.07. The third-order valence-electron chi connectivity index (χ3n) is 4.41. The molecule has 0 spiro atoms. The quantitative estimate of drug-likeness (QED) is 0.738. The van der Waals surface area contributed by atoms with Crippen LogP contribution in [-0.4, -0.2) is 74.5 Å². The molecule has 0 aromatic heterocycles. The predicted molar refractivity (Wildman–Crippen MR) is 73.3 cm³/mol. The summed E-state index contributed by atoms with van der Waals surface area (Å²) in [6.45, 7) is 5.52. The van der Waals surface area contributed by atoms with Crippen molar-refractivity contribution in [1.82, 2.24) is 9.80 Å². The van der Waals surface area contributed by atoms with Gasteiger partial charge in [0.2, 0.25) is 0 Å². The fourth-order valence-electron chi connectivity index (χ4n) is 3.52. The highest BCUT2D eigenvalue weighted by molar-refractivity contribution is 7.91. The Hall–Kier alpha value is -0.170. The summed E-state index contributed by atoms with van der Waals surface area (Å²) in [5.41, 5.74) is 5.65. The Morgan fingerprint density at radius 1 is 1.39 bits per heavy atom. The fourth-order valence-corrected chi connectivity index (χ4v) is 5.50. The summed E-state index contributed by atoms with van der Waals surface area (Å²) in [5.74, 6) is 0.571. The van der Waals surface area contributed by atoms with Crippen molar-refractivity contribution in [1.29, 1.82) is 0 Å². The van der Waals surface area contributed by atoms with E-state index in [9.17, 15) is 8.42 Å². The van der Waals surface area contributed by atoms with Crippen LogP contribution >= 0.6 is 0 Å². The summed E-state index contributed by atoms with van der Waals surface area (Å²) in [6.07, 6.45) is 1.66. The zero-order valence-electron chi connectivity index (χ0n) is 11.4. The van der Waals surface area contributed by atoms with Crippen LogP contribution in [0.2, 0.25) is 0 Å². The molecule has 0 saturated carbocycles. The van der Waals surface area contributed by atoms with Crippen molar-refractivity contribution >= 4 is 9.84 Å². The molecule has 18 heavy (non-hydrogen) atoms. The monoisotopic (exact) mass is 275 g/mol. The zero-order chi connectivity index (χ0) is 13.4. The highest BCUT2D eigenvalue weighted by Crippen LogP contribution is 2.31. The molecule has 0 amide bonds. The number of likely N-dealkylation sites (N-methyl/N-ethyl adjacent to an activating group) is 1. The molecule has 0 radical (unpaired) electrons. The summed E-state index contributed by atoms with van der Waals surface area (Å²) in [5, 5.41) is 0. The molecule has 2 unspecified atom stereocenters. The van der Waals surface area contributed by atoms with E-state index in [1.807, 2.05) is 0 Å². The SMILES string of the molecule is CC1CN(C)CCN1C1(CN)CCCS(=O)(=O)C1. The van der Waals surface area contributed by atoms with Gasteiger partial charge in [0.1, 0.15) is 0 Å². The Bertz CT molecular complexity index is 398. The van der Waals surface area contributed by atoms with Gasteiger partial charge in [-0.3, -0.25) is 4.90 Å². The fraction of sp³-hybridized carbons (Fsp3) is 1.00. The van der Waals surface area contributed by atoms with Gasteiger partial charge in [-0.15, -0.1) is 0 Å². The average Bonchev–Trinajstić information content (AvgIpc) is 2.27. The van der Waals surface area contributed by atoms with Gasteiger partial charge in [0.25, 0.3) is 0 Å². The average molecular weight is 275 g/mol. The van der Waals surface area contributed by atoms with Crippen LogP contribution in [-0.2, 0) is 9.84 Å². The van der Waals surface area contributed by atoms with Crippen LogP contribution in [0.5, 0.6) is 0 Å². The first kappa shape index (κ1) is 14.2. The third-order valence-corrected chi connectivity index (χ3v) is 6.29. The molecular weight excluding hydrogens is 250 g/mol. The number of nitrogens with two attached hydrogens (primary N) is 1. The lowest BCUT2D eigenvalue weighted by molar-refractivity contribution is 0.00789. The van der Waals surface area contributed by atoms with Crippen LogP contribution in [0.3, 0.4) is 0 Å². The molecule has 2 aliphatic heterocycles. The second-order valence-electron chi connectivity index (χ2n) is 5.93. The largest absolute Gasteiger partial charge is 0.329 e. The maximum absolute atomic E-state index is 11.9. The molecule has 2 fully saturated rings. The van der Waals surface area contributed by atoms with Crippen molar-refractivity contribution in [3.05, 3.63) is 0 Å². The minimum absolute atomic E-state index is 0.241. The second-order valence-corrected chi connectivity index (χ2v) is 8.11. The lowest BCUT2D eigenvalue weighted by Gasteiger charge is -2.51. The molecule has 5 nitrogen and oxygen atoms in total. The lowest BCUT2D eigenvalue weighted by atomic mass is 9.90. The molecule has 2 heterocycles. The van der Waals surface area contributed by atoms with Gasteiger partial charge in [-0.1, -0.05) is 0 Å². The third kappa shape index (κ3) is 2.71. The summed E-state index contributed by atoms with van der Waals surface area (Å²) in [7, 11) is -0.812. The summed E-state index contributed by atoms with van der Waals surface area (Å²) < 4.78 is 23.9. The van der Waals surface area contributed by atoms with E-state index in [0.717, 1.165) is 32.5 Å². The van der Waals surface area contributed by atoms with Gasteiger partial charge >= 0.3 is 0 Å². The Balaban J connectivity index is 2.21. The van der Waals surface area contributed by atoms with Crippen LogP contribution in [0.4, 0.5) is 0 Å². The molecule has 2 aliphatic rings. The van der Waals surface area contributed by atoms with Gasteiger partial charge in [0.15, 0.2) is 9.84 Å². The van der Waals surface area contributed by atoms with E-state index in [1.165, 1.54) is 0 Å². The number of hydrogen-bond acceptors (Lipinski definition) is 5. The van der Waals surface area contributed by atoms with Crippen molar-refractivity contribution in [3.8, 4) is 0 Å². The van der Waals surface area contributed by atoms with E-state index in [2.05, 4.69) is 23.8 Å². The molecule has 0 aromatic carbocycles. The minimum atomic E-state index is -2.92. The van der Waals surface area contributed by atoms with Gasteiger partial charge in [-0.05, 0) is 26.8 Å². The van der Waals surface area contributed by atoms with E-state index in [1.54, 1.807) is 0 Å². The molecule has 2 rings (SSSR count).